The SMILES string of the molecule is C/C(Cl)=C/Cn1c(SCCSc2nc3c(c(=O)[nH]c(=O)n3C)n2C/C=C(/C)Cl)nc2c1c(=O)[nH]c(=O)n2C. The first-order valence-corrected chi connectivity index (χ1v) is 14.0. The second-order valence-corrected chi connectivity index (χ2v) is 11.6. The van der Waals surface area contributed by atoms with Crippen LogP contribution in [0.3, 0.4) is 0 Å². The van der Waals surface area contributed by atoms with Crippen LogP contribution in [0.5, 0.6) is 0 Å². The molecule has 0 unspecified atom stereocenters. The molecule has 0 saturated heterocycles. The van der Waals surface area contributed by atoms with Crippen LogP contribution < -0.4 is 22.5 Å². The minimum absolute atomic E-state index is 0.277. The number of fused-ring (bicyclic) bond motifs is 2. The molecule has 0 aliphatic rings. The molecule has 0 aromatic carbocycles. The summed E-state index contributed by atoms with van der Waals surface area (Å²) in [5, 5.41) is 2.22. The van der Waals surface area contributed by atoms with Crippen molar-refractivity contribution in [3.63, 3.8) is 0 Å². The summed E-state index contributed by atoms with van der Waals surface area (Å²) in [6, 6.07) is 0. The smallest absolute Gasteiger partial charge is 0.309 e. The summed E-state index contributed by atoms with van der Waals surface area (Å²) in [6.07, 6.45) is 3.51. The van der Waals surface area contributed by atoms with E-state index in [1.807, 2.05) is 0 Å². The van der Waals surface area contributed by atoms with Crippen LogP contribution in [-0.4, -0.2) is 49.7 Å². The fourth-order valence-corrected chi connectivity index (χ4v) is 5.80. The lowest BCUT2D eigenvalue weighted by atomic mass is 10.4. The predicted octanol–water partition coefficient (Wildman–Crippen LogP) is 2.33. The van der Waals surface area contributed by atoms with E-state index < -0.39 is 22.5 Å². The maximum atomic E-state index is 12.6. The van der Waals surface area contributed by atoms with Crippen LogP contribution in [0.4, 0.5) is 0 Å². The fraction of sp³-hybridized carbons (Fsp3) is 0.364. The predicted molar refractivity (Wildman–Crippen MR) is 152 cm³/mol. The first-order valence-electron chi connectivity index (χ1n) is 11.3. The second-order valence-electron chi connectivity index (χ2n) is 8.27. The molecule has 12 nitrogen and oxygen atoms in total. The summed E-state index contributed by atoms with van der Waals surface area (Å²) in [7, 11) is 3.09. The first kappa shape index (κ1) is 28.1. The van der Waals surface area contributed by atoms with Crippen LogP contribution in [0.1, 0.15) is 13.8 Å². The Hall–Kier alpha value is -2.94. The first-order chi connectivity index (χ1) is 18.0. The number of rotatable bonds is 9. The molecule has 0 radical (unpaired) electrons. The Morgan fingerprint density at radius 3 is 1.47 bits per heavy atom. The molecule has 0 atom stereocenters. The van der Waals surface area contributed by atoms with Crippen LogP contribution >= 0.6 is 46.7 Å². The third kappa shape index (κ3) is 5.58. The number of aromatic amines is 2. The number of allylic oxidation sites excluding steroid dienone is 4. The van der Waals surface area contributed by atoms with Gasteiger partial charge in [-0.2, -0.15) is 0 Å². The van der Waals surface area contributed by atoms with E-state index in [1.54, 1.807) is 49.2 Å². The molecule has 38 heavy (non-hydrogen) atoms. The Morgan fingerprint density at radius 1 is 0.763 bits per heavy atom. The van der Waals surface area contributed by atoms with Crippen molar-refractivity contribution in [2.24, 2.45) is 14.1 Å². The van der Waals surface area contributed by atoms with E-state index >= 15 is 0 Å². The Morgan fingerprint density at radius 2 is 1.13 bits per heavy atom. The number of aromatic nitrogens is 8. The highest BCUT2D eigenvalue weighted by atomic mass is 35.5. The number of halogens is 2. The number of nitrogens with zero attached hydrogens (tertiary/aromatic N) is 6. The molecular formula is C22H24Cl2N8O4S2. The maximum absolute atomic E-state index is 12.6. The Labute approximate surface area is 233 Å². The lowest BCUT2D eigenvalue weighted by Crippen LogP contribution is -2.29. The molecule has 4 rings (SSSR count). The number of hydrogen-bond donors (Lipinski definition) is 2. The van der Waals surface area contributed by atoms with Crippen molar-refractivity contribution >= 4 is 69.1 Å². The van der Waals surface area contributed by atoms with Crippen molar-refractivity contribution in [2.75, 3.05) is 11.5 Å². The zero-order chi connectivity index (χ0) is 27.7. The van der Waals surface area contributed by atoms with Crippen LogP contribution in [0.15, 0.2) is 51.7 Å². The molecule has 16 heteroatoms. The summed E-state index contributed by atoms with van der Waals surface area (Å²) in [5.41, 5.74) is -1.03. The molecule has 4 aromatic rings. The van der Waals surface area contributed by atoms with E-state index in [4.69, 9.17) is 23.2 Å². The Bertz CT molecular complexity index is 1700. The van der Waals surface area contributed by atoms with E-state index in [0.717, 1.165) is 0 Å². The highest BCUT2D eigenvalue weighted by Gasteiger charge is 2.19. The molecular weight excluding hydrogens is 575 g/mol. The van der Waals surface area contributed by atoms with Crippen molar-refractivity contribution in [3.05, 3.63) is 63.9 Å². The summed E-state index contributed by atoms with van der Waals surface area (Å²) in [6.45, 7) is 4.08. The topological polar surface area (TPSA) is 145 Å². The Balaban J connectivity index is 1.63. The third-order valence-electron chi connectivity index (χ3n) is 5.60. The van der Waals surface area contributed by atoms with Gasteiger partial charge in [0.15, 0.2) is 32.6 Å². The van der Waals surface area contributed by atoms with Crippen molar-refractivity contribution < 1.29 is 0 Å². The Kier molecular flexibility index (Phi) is 8.45. The number of H-pyrrole nitrogens is 2. The highest BCUT2D eigenvalue weighted by molar-refractivity contribution is 8.02. The summed E-state index contributed by atoms with van der Waals surface area (Å²) < 4.78 is 6.01. The molecule has 0 fully saturated rings. The van der Waals surface area contributed by atoms with Gasteiger partial charge in [-0.1, -0.05) is 58.9 Å². The summed E-state index contributed by atoms with van der Waals surface area (Å²) in [4.78, 5) is 63.0. The molecule has 0 spiro atoms. The number of aryl methyl sites for hydroxylation is 2. The van der Waals surface area contributed by atoms with Gasteiger partial charge in [-0.15, -0.1) is 0 Å². The molecule has 202 valence electrons. The molecule has 4 heterocycles. The average Bonchev–Trinajstić information content (AvgIpc) is 3.40. The molecule has 0 amide bonds. The van der Waals surface area contributed by atoms with E-state index in [-0.39, 0.29) is 22.3 Å². The number of imidazole rings is 2. The average molecular weight is 600 g/mol. The van der Waals surface area contributed by atoms with Gasteiger partial charge >= 0.3 is 11.4 Å². The van der Waals surface area contributed by atoms with Gasteiger partial charge in [-0.05, 0) is 13.8 Å². The summed E-state index contributed by atoms with van der Waals surface area (Å²) >= 11 is 14.9. The van der Waals surface area contributed by atoms with Gasteiger partial charge in [-0.3, -0.25) is 28.7 Å². The minimum atomic E-state index is -0.548. The zero-order valence-corrected chi connectivity index (χ0v) is 24.0. The van der Waals surface area contributed by atoms with E-state index in [9.17, 15) is 19.2 Å². The van der Waals surface area contributed by atoms with E-state index in [0.29, 0.717) is 45.0 Å². The van der Waals surface area contributed by atoms with E-state index in [2.05, 4.69) is 19.9 Å². The summed E-state index contributed by atoms with van der Waals surface area (Å²) in [5.74, 6) is 1.12. The zero-order valence-electron chi connectivity index (χ0n) is 20.9. The lowest BCUT2D eigenvalue weighted by molar-refractivity contribution is 0.741. The van der Waals surface area contributed by atoms with Crippen LogP contribution in [-0.2, 0) is 27.2 Å². The van der Waals surface area contributed by atoms with Crippen molar-refractivity contribution in [3.8, 4) is 0 Å². The van der Waals surface area contributed by atoms with Gasteiger partial charge in [0.25, 0.3) is 11.1 Å². The van der Waals surface area contributed by atoms with Crippen LogP contribution in [0.25, 0.3) is 22.3 Å². The van der Waals surface area contributed by atoms with E-state index in [1.165, 1.54) is 32.7 Å². The fourth-order valence-electron chi connectivity index (χ4n) is 3.69. The van der Waals surface area contributed by atoms with Gasteiger partial charge < -0.3 is 9.13 Å². The highest BCUT2D eigenvalue weighted by Crippen LogP contribution is 2.26. The monoisotopic (exact) mass is 598 g/mol. The van der Waals surface area contributed by atoms with Gasteiger partial charge in [-0.25, -0.2) is 19.6 Å². The largest absolute Gasteiger partial charge is 0.329 e. The van der Waals surface area contributed by atoms with Gasteiger partial charge in [0, 0.05) is 48.8 Å². The lowest BCUT2D eigenvalue weighted by Gasteiger charge is -2.07. The molecule has 2 N–H and O–H groups in total. The standard InChI is InChI=1S/C22H24Cl2N8O4S2/c1-11(23)5-7-31-13-15(29(3)19(35)27-17(13)33)25-21(31)37-9-10-38-22-26-16-14(32(22)8-6-12(2)24)18(34)28-20(36)30(16)4/h5-6H,7-10H2,1-4H3,(H,27,33,35)(H,28,34,36)/b11-5-,12-6-. The van der Waals surface area contributed by atoms with Crippen molar-refractivity contribution in [1.82, 2.24) is 38.2 Å². The minimum Gasteiger partial charge on any atom is -0.309 e. The van der Waals surface area contributed by atoms with Gasteiger partial charge in [0.05, 0.1) is 0 Å². The second kappa shape index (κ2) is 11.4. The number of thioether (sulfide) groups is 2. The normalized spacial score (nSPS) is 12.8. The van der Waals surface area contributed by atoms with Crippen molar-refractivity contribution in [2.45, 2.75) is 37.2 Å². The van der Waals surface area contributed by atoms with Gasteiger partial charge in [0.1, 0.15) is 0 Å². The quantitative estimate of drug-likeness (QED) is 0.220. The van der Waals surface area contributed by atoms with Crippen LogP contribution in [0, 0.1) is 0 Å². The third-order valence-corrected chi connectivity index (χ3v) is 8.12. The molecule has 0 bridgehead atoms. The van der Waals surface area contributed by atoms with Crippen LogP contribution in [0.2, 0.25) is 0 Å². The van der Waals surface area contributed by atoms with Crippen molar-refractivity contribution in [1.29, 1.82) is 0 Å². The maximum Gasteiger partial charge on any atom is 0.329 e. The molecule has 0 saturated carbocycles. The number of nitrogens with one attached hydrogen (secondary N) is 2. The number of hydrogen-bond acceptors (Lipinski definition) is 8. The molecule has 4 aromatic heterocycles. The van der Waals surface area contributed by atoms with Gasteiger partial charge in [0.2, 0.25) is 0 Å². The molecule has 0 aliphatic carbocycles. The molecule has 0 aliphatic heterocycles.